The van der Waals surface area contributed by atoms with Gasteiger partial charge in [-0.25, -0.2) is 9.97 Å². The SMILES string of the molecule is Nc1nc(-n2cnc(I)c2I)c2sccc2n1. The number of fused-ring (bicyclic) bond motifs is 1. The molecule has 8 heteroatoms. The fourth-order valence-corrected chi connectivity index (χ4v) is 3.18. The van der Waals surface area contributed by atoms with Crippen LogP contribution in [-0.4, -0.2) is 19.5 Å². The van der Waals surface area contributed by atoms with Crippen LogP contribution in [-0.2, 0) is 0 Å². The largest absolute Gasteiger partial charge is 0.368 e. The third-order valence-corrected chi connectivity index (χ3v) is 5.95. The summed E-state index contributed by atoms with van der Waals surface area (Å²) in [5.41, 5.74) is 6.59. The molecule has 0 saturated heterocycles. The molecule has 3 aromatic rings. The number of anilines is 1. The molecule has 17 heavy (non-hydrogen) atoms. The fourth-order valence-electron chi connectivity index (χ4n) is 1.49. The molecule has 3 rings (SSSR count). The lowest BCUT2D eigenvalue weighted by atomic mass is 10.4. The normalized spacial score (nSPS) is 11.2. The van der Waals surface area contributed by atoms with Gasteiger partial charge < -0.3 is 5.73 Å². The van der Waals surface area contributed by atoms with Gasteiger partial charge in [-0.3, -0.25) is 4.57 Å². The number of thiophene rings is 1. The van der Waals surface area contributed by atoms with E-state index in [9.17, 15) is 0 Å². The predicted octanol–water partition coefficient (Wildman–Crippen LogP) is 2.67. The fraction of sp³-hybridized carbons (Fsp3) is 0. The first kappa shape index (κ1) is 11.6. The molecule has 0 spiro atoms. The lowest BCUT2D eigenvalue weighted by Crippen LogP contribution is -2.03. The molecule has 0 saturated carbocycles. The van der Waals surface area contributed by atoms with Crippen molar-refractivity contribution in [2.24, 2.45) is 0 Å². The third-order valence-electron chi connectivity index (χ3n) is 2.20. The Bertz CT molecular complexity index is 705. The Morgan fingerprint density at radius 1 is 1.29 bits per heavy atom. The smallest absolute Gasteiger partial charge is 0.222 e. The van der Waals surface area contributed by atoms with Gasteiger partial charge in [-0.05, 0) is 56.6 Å². The van der Waals surface area contributed by atoms with Crippen LogP contribution >= 0.6 is 56.5 Å². The average Bonchev–Trinajstić information content (AvgIpc) is 2.87. The predicted molar refractivity (Wildman–Crippen MR) is 84.4 cm³/mol. The summed E-state index contributed by atoms with van der Waals surface area (Å²) < 4.78 is 4.92. The van der Waals surface area contributed by atoms with Gasteiger partial charge >= 0.3 is 0 Å². The minimum Gasteiger partial charge on any atom is -0.368 e. The van der Waals surface area contributed by atoms with Crippen LogP contribution in [0.1, 0.15) is 0 Å². The molecule has 2 N–H and O–H groups in total. The number of rotatable bonds is 1. The summed E-state index contributed by atoms with van der Waals surface area (Å²) in [5.74, 6) is 1.08. The molecule has 0 aromatic carbocycles. The quantitative estimate of drug-likeness (QED) is 0.557. The Labute approximate surface area is 128 Å². The van der Waals surface area contributed by atoms with Crippen molar-refractivity contribution >= 4 is 72.7 Å². The zero-order chi connectivity index (χ0) is 12.0. The number of nitrogen functional groups attached to an aromatic ring is 1. The molecule has 0 aliphatic heterocycles. The zero-order valence-electron chi connectivity index (χ0n) is 8.26. The molecule has 3 heterocycles. The van der Waals surface area contributed by atoms with Gasteiger partial charge in [0, 0.05) is 0 Å². The monoisotopic (exact) mass is 469 g/mol. The molecular formula is C9H5I2N5S. The summed E-state index contributed by atoms with van der Waals surface area (Å²) in [5, 5.41) is 1.98. The van der Waals surface area contributed by atoms with Gasteiger partial charge in [0.2, 0.25) is 5.95 Å². The second-order valence-electron chi connectivity index (χ2n) is 3.24. The minimum absolute atomic E-state index is 0.283. The third kappa shape index (κ3) is 1.91. The molecule has 0 atom stereocenters. The minimum atomic E-state index is 0.283. The lowest BCUT2D eigenvalue weighted by molar-refractivity contribution is 0.979. The van der Waals surface area contributed by atoms with E-state index < -0.39 is 0 Å². The van der Waals surface area contributed by atoms with Crippen molar-refractivity contribution in [3.63, 3.8) is 0 Å². The summed E-state index contributed by atoms with van der Waals surface area (Å²) >= 11 is 6.04. The number of nitrogens with two attached hydrogens (primary N) is 1. The first-order valence-electron chi connectivity index (χ1n) is 4.56. The number of hydrogen-bond donors (Lipinski definition) is 1. The Morgan fingerprint density at radius 3 is 2.82 bits per heavy atom. The standard InChI is InChI=1S/C9H5I2N5S/c10-6-7(11)16(3-13-6)8-5-4(1-2-17-5)14-9(12)15-8/h1-3H,(H2,12,14,15). The van der Waals surface area contributed by atoms with E-state index in [-0.39, 0.29) is 5.95 Å². The van der Waals surface area contributed by atoms with Gasteiger partial charge in [0.1, 0.15) is 13.7 Å². The van der Waals surface area contributed by atoms with Crippen LogP contribution in [0.3, 0.4) is 0 Å². The van der Waals surface area contributed by atoms with E-state index in [2.05, 4.69) is 60.1 Å². The maximum absolute atomic E-state index is 5.72. The van der Waals surface area contributed by atoms with Crippen molar-refractivity contribution in [3.05, 3.63) is 25.2 Å². The number of aromatic nitrogens is 4. The molecule has 0 radical (unpaired) electrons. The van der Waals surface area contributed by atoms with Gasteiger partial charge in [0.15, 0.2) is 5.82 Å². The van der Waals surface area contributed by atoms with Crippen molar-refractivity contribution in [1.29, 1.82) is 0 Å². The van der Waals surface area contributed by atoms with E-state index in [1.165, 1.54) is 0 Å². The Morgan fingerprint density at radius 2 is 2.12 bits per heavy atom. The molecule has 0 aliphatic rings. The second kappa shape index (κ2) is 4.31. The van der Waals surface area contributed by atoms with Crippen LogP contribution in [0.15, 0.2) is 17.8 Å². The summed E-state index contributed by atoms with van der Waals surface area (Å²) in [6, 6.07) is 1.94. The van der Waals surface area contributed by atoms with Gasteiger partial charge in [0.05, 0.1) is 10.2 Å². The molecule has 5 nitrogen and oxygen atoms in total. The topological polar surface area (TPSA) is 69.6 Å². The molecule has 0 bridgehead atoms. The van der Waals surface area contributed by atoms with E-state index in [0.717, 1.165) is 23.4 Å². The summed E-state index contributed by atoms with van der Waals surface area (Å²) in [6.45, 7) is 0. The van der Waals surface area contributed by atoms with Crippen molar-refractivity contribution in [2.45, 2.75) is 0 Å². The van der Waals surface area contributed by atoms with Crippen molar-refractivity contribution in [2.75, 3.05) is 5.73 Å². The lowest BCUT2D eigenvalue weighted by Gasteiger charge is -2.05. The van der Waals surface area contributed by atoms with E-state index in [1.54, 1.807) is 17.7 Å². The van der Waals surface area contributed by atoms with Gasteiger partial charge in [0.25, 0.3) is 0 Å². The molecule has 3 aromatic heterocycles. The Kier molecular flexibility index (Phi) is 2.94. The van der Waals surface area contributed by atoms with E-state index in [0.29, 0.717) is 0 Å². The molecule has 86 valence electrons. The molecule has 0 fully saturated rings. The number of halogens is 2. The number of nitrogens with zero attached hydrogens (tertiary/aromatic N) is 4. The molecule has 0 aliphatic carbocycles. The van der Waals surface area contributed by atoms with E-state index >= 15 is 0 Å². The van der Waals surface area contributed by atoms with Crippen LogP contribution in [0.25, 0.3) is 16.0 Å². The maximum atomic E-state index is 5.72. The average molecular weight is 469 g/mol. The number of hydrogen-bond acceptors (Lipinski definition) is 5. The summed E-state index contributed by atoms with van der Waals surface area (Å²) in [7, 11) is 0. The second-order valence-corrected chi connectivity index (χ2v) is 6.20. The highest BCUT2D eigenvalue weighted by atomic mass is 127. The summed E-state index contributed by atoms with van der Waals surface area (Å²) in [4.78, 5) is 12.8. The van der Waals surface area contributed by atoms with Crippen LogP contribution in [0.2, 0.25) is 0 Å². The van der Waals surface area contributed by atoms with Crippen LogP contribution < -0.4 is 5.73 Å². The highest BCUT2D eigenvalue weighted by Gasteiger charge is 2.13. The summed E-state index contributed by atoms with van der Waals surface area (Å²) in [6.07, 6.45) is 1.75. The van der Waals surface area contributed by atoms with Gasteiger partial charge in [-0.1, -0.05) is 0 Å². The van der Waals surface area contributed by atoms with Gasteiger partial charge in [-0.15, -0.1) is 11.3 Å². The highest BCUT2D eigenvalue weighted by molar-refractivity contribution is 14.1. The first-order chi connectivity index (χ1) is 8.16. The Hall–Kier alpha value is -0.490. The molecule has 0 amide bonds. The Balaban J connectivity index is 2.36. The molecular weight excluding hydrogens is 464 g/mol. The van der Waals surface area contributed by atoms with Crippen molar-refractivity contribution in [3.8, 4) is 5.82 Å². The first-order valence-corrected chi connectivity index (χ1v) is 7.60. The van der Waals surface area contributed by atoms with Crippen LogP contribution in [0.4, 0.5) is 5.95 Å². The number of imidazole rings is 1. The van der Waals surface area contributed by atoms with Crippen LogP contribution in [0.5, 0.6) is 0 Å². The van der Waals surface area contributed by atoms with Crippen LogP contribution in [0, 0.1) is 7.40 Å². The molecule has 0 unspecified atom stereocenters. The van der Waals surface area contributed by atoms with Crippen molar-refractivity contribution < 1.29 is 0 Å². The zero-order valence-corrected chi connectivity index (χ0v) is 13.4. The van der Waals surface area contributed by atoms with Gasteiger partial charge in [-0.2, -0.15) is 4.98 Å². The maximum Gasteiger partial charge on any atom is 0.222 e. The van der Waals surface area contributed by atoms with Crippen molar-refractivity contribution in [1.82, 2.24) is 19.5 Å². The van der Waals surface area contributed by atoms with E-state index in [1.807, 2.05) is 16.0 Å². The highest BCUT2D eigenvalue weighted by Crippen LogP contribution is 2.27. The van der Waals surface area contributed by atoms with E-state index in [4.69, 9.17) is 5.73 Å².